The predicted octanol–water partition coefficient (Wildman–Crippen LogP) is 4.09. The SMILES string of the molecule is CCCCC(N)(CCC)C(CCC)(CCCC)OS(=O)(=O)ON1C(=O)N2CC1CC[C@H]2C(=O)NOC1CCOCC1. The third-order valence-corrected chi connectivity index (χ3v) is 9.59. The van der Waals surface area contributed by atoms with Crippen LogP contribution in [0.5, 0.6) is 0 Å². The Bertz CT molecular complexity index is 963. The first kappa shape index (κ1) is 34.0. The fourth-order valence-electron chi connectivity index (χ4n) is 6.49. The van der Waals surface area contributed by atoms with Crippen LogP contribution in [0.1, 0.15) is 118 Å². The van der Waals surface area contributed by atoms with E-state index < -0.39 is 45.6 Å². The molecule has 0 radical (unpaired) electrons. The molecule has 0 aliphatic carbocycles. The second kappa shape index (κ2) is 15.3. The summed E-state index contributed by atoms with van der Waals surface area (Å²) in [6.45, 7) is 9.46. The summed E-state index contributed by atoms with van der Waals surface area (Å²) >= 11 is 0. The van der Waals surface area contributed by atoms with Gasteiger partial charge in [-0.15, -0.1) is 4.28 Å². The van der Waals surface area contributed by atoms with E-state index in [0.717, 1.165) is 37.2 Å². The number of carbonyl (C=O) groups is 2. The van der Waals surface area contributed by atoms with Gasteiger partial charge < -0.3 is 15.4 Å². The van der Waals surface area contributed by atoms with Crippen LogP contribution in [0.25, 0.3) is 0 Å². The lowest BCUT2D eigenvalue weighted by atomic mass is 9.69. The van der Waals surface area contributed by atoms with Crippen LogP contribution in [0.3, 0.4) is 0 Å². The van der Waals surface area contributed by atoms with Gasteiger partial charge in [0, 0.05) is 25.3 Å². The molecule has 3 fully saturated rings. The van der Waals surface area contributed by atoms with Gasteiger partial charge in [0.05, 0.1) is 12.1 Å². The lowest BCUT2D eigenvalue weighted by molar-refractivity contribution is -0.148. The molecule has 12 nitrogen and oxygen atoms in total. The second-order valence-corrected chi connectivity index (χ2v) is 13.0. The third-order valence-electron chi connectivity index (χ3n) is 8.72. The molecule has 0 spiro atoms. The summed E-state index contributed by atoms with van der Waals surface area (Å²) in [5.41, 5.74) is 7.52. The maximum atomic E-state index is 13.6. The van der Waals surface area contributed by atoms with Crippen LogP contribution in [0, 0.1) is 0 Å². The molecule has 3 saturated heterocycles. The molecule has 3 N–H and O–H groups in total. The number of amides is 3. The minimum atomic E-state index is -4.67. The van der Waals surface area contributed by atoms with Crippen molar-refractivity contribution in [3.05, 3.63) is 0 Å². The molecule has 238 valence electrons. The zero-order valence-electron chi connectivity index (χ0n) is 25.4. The van der Waals surface area contributed by atoms with Gasteiger partial charge in [-0.3, -0.25) is 9.63 Å². The van der Waals surface area contributed by atoms with Crippen molar-refractivity contribution >= 4 is 22.3 Å². The molecule has 3 unspecified atom stereocenters. The molecule has 3 aliphatic heterocycles. The number of nitrogens with one attached hydrogen (secondary N) is 1. The Morgan fingerprint density at radius 1 is 0.976 bits per heavy atom. The monoisotopic (exact) mass is 604 g/mol. The first-order chi connectivity index (χ1) is 19.5. The van der Waals surface area contributed by atoms with E-state index in [1.165, 1.54) is 4.90 Å². The van der Waals surface area contributed by atoms with Gasteiger partial charge in [0.2, 0.25) is 0 Å². The molecule has 0 aromatic carbocycles. The summed E-state index contributed by atoms with van der Waals surface area (Å²) < 4.78 is 43.9. The van der Waals surface area contributed by atoms with E-state index in [0.29, 0.717) is 71.0 Å². The number of nitrogens with two attached hydrogens (primary N) is 1. The molecule has 3 rings (SSSR count). The van der Waals surface area contributed by atoms with Gasteiger partial charge in [0.1, 0.15) is 11.6 Å². The minimum Gasteiger partial charge on any atom is -0.381 e. The highest BCUT2D eigenvalue weighted by Crippen LogP contribution is 2.42. The molecular formula is C28H52N4O8S. The number of hydroxylamine groups is 3. The van der Waals surface area contributed by atoms with Crippen LogP contribution in [0.15, 0.2) is 0 Å². The van der Waals surface area contributed by atoms with Crippen molar-refractivity contribution in [2.75, 3.05) is 19.8 Å². The number of nitrogens with zero attached hydrogens (tertiary/aromatic N) is 2. The van der Waals surface area contributed by atoms with Gasteiger partial charge in [0.15, 0.2) is 0 Å². The van der Waals surface area contributed by atoms with E-state index >= 15 is 0 Å². The van der Waals surface area contributed by atoms with Crippen LogP contribution in [-0.4, -0.2) is 79.4 Å². The first-order valence-corrected chi connectivity index (χ1v) is 17.0. The van der Waals surface area contributed by atoms with Crippen molar-refractivity contribution in [3.8, 4) is 0 Å². The summed E-state index contributed by atoms with van der Waals surface area (Å²) in [6.07, 6.45) is 8.96. The number of ether oxygens (including phenoxy) is 1. The van der Waals surface area contributed by atoms with Crippen LogP contribution in [0.2, 0.25) is 0 Å². The van der Waals surface area contributed by atoms with Crippen molar-refractivity contribution in [1.29, 1.82) is 0 Å². The highest BCUT2D eigenvalue weighted by Gasteiger charge is 2.54. The predicted molar refractivity (Wildman–Crippen MR) is 153 cm³/mol. The van der Waals surface area contributed by atoms with Crippen LogP contribution < -0.4 is 11.2 Å². The van der Waals surface area contributed by atoms with Crippen molar-refractivity contribution in [1.82, 2.24) is 15.4 Å². The van der Waals surface area contributed by atoms with Gasteiger partial charge >= 0.3 is 16.4 Å². The number of piperidine rings is 1. The topological polar surface area (TPSA) is 150 Å². The van der Waals surface area contributed by atoms with Crippen LogP contribution >= 0.6 is 0 Å². The Morgan fingerprint density at radius 2 is 1.63 bits per heavy atom. The van der Waals surface area contributed by atoms with Gasteiger partial charge in [-0.05, 0) is 51.4 Å². The average molecular weight is 605 g/mol. The number of urea groups is 1. The Labute approximate surface area is 246 Å². The maximum absolute atomic E-state index is 13.6. The molecule has 0 saturated carbocycles. The van der Waals surface area contributed by atoms with Crippen LogP contribution in [0.4, 0.5) is 4.79 Å². The van der Waals surface area contributed by atoms with Gasteiger partial charge in [-0.25, -0.2) is 14.5 Å². The van der Waals surface area contributed by atoms with Crippen LogP contribution in [-0.2, 0) is 33.2 Å². The molecule has 13 heteroatoms. The van der Waals surface area contributed by atoms with Crippen molar-refractivity contribution in [2.24, 2.45) is 5.73 Å². The molecule has 41 heavy (non-hydrogen) atoms. The fourth-order valence-corrected chi connectivity index (χ4v) is 7.63. The van der Waals surface area contributed by atoms with E-state index in [1.54, 1.807) is 0 Å². The highest BCUT2D eigenvalue weighted by atomic mass is 32.3. The molecule has 4 atom stereocenters. The molecular weight excluding hydrogens is 552 g/mol. The molecule has 0 aromatic heterocycles. The number of fused-ring (bicyclic) bond motifs is 2. The minimum absolute atomic E-state index is 0.142. The van der Waals surface area contributed by atoms with E-state index in [1.807, 2.05) is 20.8 Å². The second-order valence-electron chi connectivity index (χ2n) is 11.8. The average Bonchev–Trinajstić information content (AvgIpc) is 3.18. The normalized spacial score (nSPS) is 24.8. The van der Waals surface area contributed by atoms with Crippen molar-refractivity contribution < 1.29 is 36.0 Å². The maximum Gasteiger partial charge on any atom is 0.421 e. The summed E-state index contributed by atoms with van der Waals surface area (Å²) in [4.78, 5) is 33.1. The molecule has 3 aliphatic rings. The van der Waals surface area contributed by atoms with E-state index in [4.69, 9.17) is 23.8 Å². The lowest BCUT2D eigenvalue weighted by Gasteiger charge is -2.48. The standard InChI is InChI=1S/C28H52N4O8S/c1-5-9-17-27(29,15-7-3)28(16-8-4,18-10-6-2)39-41(35,36)40-32-22-11-12-24(31(21-22)26(32)34)25(33)30-38-23-13-19-37-20-14-23/h22-24H,5-21,29H2,1-4H3,(H,30,33)/t22?,24-,27?,28?/m0/s1. The van der Waals surface area contributed by atoms with E-state index in [2.05, 4.69) is 12.4 Å². The Balaban J connectivity index is 1.74. The summed E-state index contributed by atoms with van der Waals surface area (Å²) in [6, 6.07) is -1.98. The number of carbonyl (C=O) groups excluding carboxylic acids is 2. The highest BCUT2D eigenvalue weighted by molar-refractivity contribution is 7.81. The molecule has 2 bridgehead atoms. The summed E-state index contributed by atoms with van der Waals surface area (Å²) in [5.74, 6) is -0.436. The van der Waals surface area contributed by atoms with Crippen molar-refractivity contribution in [2.45, 2.75) is 147 Å². The zero-order chi connectivity index (χ0) is 30.1. The third kappa shape index (κ3) is 8.32. The Hall–Kier alpha value is -1.51. The number of rotatable bonds is 18. The van der Waals surface area contributed by atoms with Gasteiger partial charge in [0.25, 0.3) is 5.91 Å². The van der Waals surface area contributed by atoms with E-state index in [-0.39, 0.29) is 12.6 Å². The molecule has 3 heterocycles. The quantitative estimate of drug-likeness (QED) is 0.221. The molecule has 3 amide bonds. The summed E-state index contributed by atoms with van der Waals surface area (Å²) in [5, 5.41) is 0.864. The summed E-state index contributed by atoms with van der Waals surface area (Å²) in [7, 11) is -4.67. The number of hydrogen-bond donors (Lipinski definition) is 2. The first-order valence-electron chi connectivity index (χ1n) is 15.6. The number of unbranched alkanes of at least 4 members (excludes halogenated alkanes) is 2. The Kier molecular flexibility index (Phi) is 12.7. The molecule has 0 aromatic rings. The van der Waals surface area contributed by atoms with Crippen molar-refractivity contribution in [3.63, 3.8) is 0 Å². The zero-order valence-corrected chi connectivity index (χ0v) is 26.2. The lowest BCUT2D eigenvalue weighted by Crippen LogP contribution is -2.63. The van der Waals surface area contributed by atoms with E-state index in [9.17, 15) is 18.0 Å². The van der Waals surface area contributed by atoms with Gasteiger partial charge in [-0.2, -0.15) is 13.5 Å². The number of hydrogen-bond acceptors (Lipinski definition) is 9. The largest absolute Gasteiger partial charge is 0.421 e. The Morgan fingerprint density at radius 3 is 2.27 bits per heavy atom. The van der Waals surface area contributed by atoms with Gasteiger partial charge in [-0.1, -0.05) is 66.2 Å². The fraction of sp³-hybridized carbons (Fsp3) is 0.929. The smallest absolute Gasteiger partial charge is 0.381 e.